The quantitative estimate of drug-likeness (QED) is 0.913. The minimum absolute atomic E-state index is 0. The van der Waals surface area contributed by atoms with Crippen molar-refractivity contribution in [2.45, 2.75) is 19.9 Å². The maximum atomic E-state index is 13.9. The van der Waals surface area contributed by atoms with Crippen LogP contribution in [0.2, 0.25) is 0 Å². The lowest BCUT2D eigenvalue weighted by molar-refractivity contribution is 0.0655. The molecule has 1 aliphatic rings. The Morgan fingerprint density at radius 1 is 1.39 bits per heavy atom. The van der Waals surface area contributed by atoms with Crippen LogP contribution in [0.25, 0.3) is 5.69 Å². The summed E-state index contributed by atoms with van der Waals surface area (Å²) in [6.45, 7) is 6.05. The summed E-state index contributed by atoms with van der Waals surface area (Å²) in [5.41, 5.74) is 1.53. The number of aromatic nitrogens is 2. The van der Waals surface area contributed by atoms with Gasteiger partial charge in [-0.15, -0.1) is 12.4 Å². The smallest absolute Gasteiger partial charge is 0.257 e. The zero-order valence-corrected chi connectivity index (χ0v) is 13.9. The number of benzene rings is 1. The highest BCUT2D eigenvalue weighted by Crippen LogP contribution is 2.19. The van der Waals surface area contributed by atoms with Gasteiger partial charge in [-0.3, -0.25) is 4.79 Å². The molecule has 7 heteroatoms. The summed E-state index contributed by atoms with van der Waals surface area (Å²) in [4.78, 5) is 14.6. The largest absolute Gasteiger partial charge is 0.333 e. The molecular formula is C16H20ClFN4O. The molecule has 23 heavy (non-hydrogen) atoms. The lowest BCUT2D eigenvalue weighted by Gasteiger charge is -2.33. The second-order valence-electron chi connectivity index (χ2n) is 5.56. The Morgan fingerprint density at radius 2 is 2.13 bits per heavy atom. The molecule has 1 aliphatic heterocycles. The summed E-state index contributed by atoms with van der Waals surface area (Å²) in [5.74, 6) is -0.405. The van der Waals surface area contributed by atoms with Crippen LogP contribution in [0, 0.1) is 12.7 Å². The highest BCUT2D eigenvalue weighted by Gasteiger charge is 2.27. The molecule has 0 saturated carbocycles. The van der Waals surface area contributed by atoms with Gasteiger partial charge in [-0.1, -0.05) is 12.1 Å². The van der Waals surface area contributed by atoms with Crippen LogP contribution < -0.4 is 5.32 Å². The number of halogens is 2. The fraction of sp³-hybridized carbons (Fsp3) is 0.375. The van der Waals surface area contributed by atoms with Gasteiger partial charge in [0, 0.05) is 25.7 Å². The van der Waals surface area contributed by atoms with Gasteiger partial charge >= 0.3 is 0 Å². The summed E-state index contributed by atoms with van der Waals surface area (Å²) < 4.78 is 15.4. The normalized spacial score (nSPS) is 17.7. The van der Waals surface area contributed by atoms with E-state index in [1.54, 1.807) is 25.1 Å². The van der Waals surface area contributed by atoms with Crippen molar-refractivity contribution >= 4 is 18.3 Å². The number of carbonyl (C=O) groups excluding carboxylic acids is 1. The van der Waals surface area contributed by atoms with Crippen LogP contribution in [-0.2, 0) is 0 Å². The third-order valence-corrected chi connectivity index (χ3v) is 4.08. The average Bonchev–Trinajstić information content (AvgIpc) is 2.89. The Labute approximate surface area is 140 Å². The zero-order chi connectivity index (χ0) is 15.7. The minimum atomic E-state index is -0.358. The topological polar surface area (TPSA) is 50.2 Å². The van der Waals surface area contributed by atoms with E-state index in [4.69, 9.17) is 0 Å². The summed E-state index contributed by atoms with van der Waals surface area (Å²) in [7, 11) is 0. The molecule has 0 aliphatic carbocycles. The van der Waals surface area contributed by atoms with Crippen LogP contribution in [0.5, 0.6) is 0 Å². The summed E-state index contributed by atoms with van der Waals surface area (Å²) in [5, 5.41) is 7.46. The van der Waals surface area contributed by atoms with Crippen LogP contribution in [-0.4, -0.2) is 46.3 Å². The minimum Gasteiger partial charge on any atom is -0.333 e. The van der Waals surface area contributed by atoms with Crippen molar-refractivity contribution in [1.82, 2.24) is 20.0 Å². The maximum Gasteiger partial charge on any atom is 0.257 e. The van der Waals surface area contributed by atoms with E-state index in [1.807, 2.05) is 11.8 Å². The fourth-order valence-electron chi connectivity index (χ4n) is 2.78. The highest BCUT2D eigenvalue weighted by atomic mass is 35.5. The molecule has 1 atom stereocenters. The molecule has 1 N–H and O–H groups in total. The number of amides is 1. The third kappa shape index (κ3) is 3.23. The van der Waals surface area contributed by atoms with Gasteiger partial charge < -0.3 is 10.2 Å². The van der Waals surface area contributed by atoms with Crippen molar-refractivity contribution in [2.24, 2.45) is 0 Å². The Balaban J connectivity index is 0.00000192. The van der Waals surface area contributed by atoms with Gasteiger partial charge in [0.2, 0.25) is 0 Å². The van der Waals surface area contributed by atoms with Crippen molar-refractivity contribution in [2.75, 3.05) is 19.6 Å². The molecule has 0 bridgehead atoms. The first-order valence-electron chi connectivity index (χ1n) is 7.41. The summed E-state index contributed by atoms with van der Waals surface area (Å²) in [6.07, 6.45) is 1.53. The zero-order valence-electron chi connectivity index (χ0n) is 13.1. The summed E-state index contributed by atoms with van der Waals surface area (Å²) >= 11 is 0. The lowest BCUT2D eigenvalue weighted by Crippen LogP contribution is -2.52. The van der Waals surface area contributed by atoms with Crippen molar-refractivity contribution in [1.29, 1.82) is 0 Å². The van der Waals surface area contributed by atoms with Gasteiger partial charge in [0.25, 0.3) is 5.91 Å². The van der Waals surface area contributed by atoms with Crippen LogP contribution in [0.1, 0.15) is 23.0 Å². The van der Waals surface area contributed by atoms with Crippen LogP contribution in [0.4, 0.5) is 4.39 Å². The first-order valence-corrected chi connectivity index (χ1v) is 7.41. The predicted molar refractivity (Wildman–Crippen MR) is 88.9 cm³/mol. The Kier molecular flexibility index (Phi) is 5.38. The second kappa shape index (κ2) is 7.10. The number of para-hydroxylation sites is 1. The second-order valence-corrected chi connectivity index (χ2v) is 5.56. The predicted octanol–water partition coefficient (Wildman–Crippen LogP) is 2.18. The molecule has 1 amide bonds. The van der Waals surface area contributed by atoms with E-state index < -0.39 is 0 Å². The van der Waals surface area contributed by atoms with E-state index in [-0.39, 0.29) is 30.2 Å². The number of hydrogen-bond donors (Lipinski definition) is 1. The number of rotatable bonds is 2. The maximum absolute atomic E-state index is 13.9. The van der Waals surface area contributed by atoms with Gasteiger partial charge in [0.05, 0.1) is 17.5 Å². The Bertz CT molecular complexity index is 703. The number of nitrogens with zero attached hydrogens (tertiary/aromatic N) is 3. The summed E-state index contributed by atoms with van der Waals surface area (Å²) in [6, 6.07) is 6.55. The van der Waals surface area contributed by atoms with E-state index in [2.05, 4.69) is 10.4 Å². The van der Waals surface area contributed by atoms with Gasteiger partial charge in [-0.25, -0.2) is 9.07 Å². The molecule has 1 aromatic heterocycles. The van der Waals surface area contributed by atoms with Gasteiger partial charge in [-0.05, 0) is 26.0 Å². The molecule has 0 radical (unpaired) electrons. The number of carbonyl (C=O) groups is 1. The Morgan fingerprint density at radius 3 is 2.83 bits per heavy atom. The molecule has 1 unspecified atom stereocenters. The third-order valence-electron chi connectivity index (χ3n) is 4.08. The lowest BCUT2D eigenvalue weighted by atomic mass is 10.1. The average molecular weight is 339 g/mol. The first-order chi connectivity index (χ1) is 10.6. The van der Waals surface area contributed by atoms with Gasteiger partial charge in [-0.2, -0.15) is 5.10 Å². The van der Waals surface area contributed by atoms with Crippen LogP contribution in [0.15, 0.2) is 30.5 Å². The van der Waals surface area contributed by atoms with Crippen molar-refractivity contribution in [3.63, 3.8) is 0 Å². The van der Waals surface area contributed by atoms with Crippen molar-refractivity contribution in [3.05, 3.63) is 47.5 Å². The van der Waals surface area contributed by atoms with Crippen LogP contribution >= 0.6 is 12.4 Å². The van der Waals surface area contributed by atoms with Crippen LogP contribution in [0.3, 0.4) is 0 Å². The molecule has 0 spiro atoms. The number of piperazine rings is 1. The molecule has 2 aromatic rings. The SMILES string of the molecule is Cc1c(C(=O)N2CCNCC2C)cnn1-c1ccccc1F.Cl. The molecule has 124 valence electrons. The molecule has 1 saturated heterocycles. The molecule has 3 rings (SSSR count). The van der Waals surface area contributed by atoms with E-state index in [1.165, 1.54) is 16.9 Å². The molecular weight excluding hydrogens is 319 g/mol. The van der Waals surface area contributed by atoms with Crippen molar-refractivity contribution < 1.29 is 9.18 Å². The monoisotopic (exact) mass is 338 g/mol. The Hall–Kier alpha value is -1.92. The van der Waals surface area contributed by atoms with E-state index >= 15 is 0 Å². The molecule has 1 aromatic carbocycles. The fourth-order valence-corrected chi connectivity index (χ4v) is 2.78. The molecule has 2 heterocycles. The van der Waals surface area contributed by atoms with Gasteiger partial charge in [0.15, 0.2) is 0 Å². The van der Waals surface area contributed by atoms with E-state index in [9.17, 15) is 9.18 Å². The van der Waals surface area contributed by atoms with Gasteiger partial charge in [0.1, 0.15) is 11.5 Å². The van der Waals surface area contributed by atoms with Crippen molar-refractivity contribution in [3.8, 4) is 5.69 Å². The first kappa shape index (κ1) is 17.4. The standard InChI is InChI=1S/C16H19FN4O.ClH/c1-11-9-18-7-8-20(11)16(22)13-10-19-21(12(13)2)15-6-4-3-5-14(15)17;/h3-6,10-11,18H,7-9H2,1-2H3;1H. The van der Waals surface area contributed by atoms with E-state index in [0.29, 0.717) is 23.5 Å². The molecule has 5 nitrogen and oxygen atoms in total. The molecule has 1 fully saturated rings. The highest BCUT2D eigenvalue weighted by molar-refractivity contribution is 5.95. The van der Waals surface area contributed by atoms with E-state index in [0.717, 1.165) is 13.1 Å². The number of nitrogens with one attached hydrogen (secondary N) is 1. The number of hydrogen-bond acceptors (Lipinski definition) is 3.